The molecule has 2 aromatic rings. The van der Waals surface area contributed by atoms with Gasteiger partial charge < -0.3 is 10.0 Å². The van der Waals surface area contributed by atoms with E-state index in [-0.39, 0.29) is 16.8 Å². The Morgan fingerprint density at radius 3 is 2.52 bits per heavy atom. The summed E-state index contributed by atoms with van der Waals surface area (Å²) in [6.45, 7) is 4.56. The highest BCUT2D eigenvalue weighted by Gasteiger charge is 2.22. The van der Waals surface area contributed by atoms with Gasteiger partial charge in [-0.3, -0.25) is 4.79 Å². The van der Waals surface area contributed by atoms with Gasteiger partial charge in [-0.15, -0.1) is 11.3 Å². The highest BCUT2D eigenvalue weighted by molar-refractivity contribution is 7.15. The van der Waals surface area contributed by atoms with Crippen LogP contribution in [-0.4, -0.2) is 34.5 Å². The lowest BCUT2D eigenvalue weighted by molar-refractivity contribution is 0.0697. The summed E-state index contributed by atoms with van der Waals surface area (Å²) in [5.74, 6) is -1.09. The molecule has 0 aliphatic rings. The number of hydrogen-bond donors (Lipinski definition) is 1. The molecule has 4 nitrogen and oxygen atoms in total. The van der Waals surface area contributed by atoms with Gasteiger partial charge in [0.1, 0.15) is 4.88 Å². The third-order valence-electron chi connectivity index (χ3n) is 3.27. The number of carbonyl (C=O) groups excluding carboxylic acids is 1. The number of carboxylic acid groups (broad SMARTS) is 1. The predicted octanol–water partition coefficient (Wildman–Crippen LogP) is 3.60. The van der Waals surface area contributed by atoms with Crippen molar-refractivity contribution in [1.29, 1.82) is 0 Å². The molecule has 0 aliphatic carbocycles. The van der Waals surface area contributed by atoms with Crippen LogP contribution in [0, 0.1) is 0 Å². The molecule has 0 fully saturated rings. The Labute approximate surface area is 131 Å². The van der Waals surface area contributed by atoms with E-state index in [1.54, 1.807) is 22.3 Å². The fourth-order valence-electron chi connectivity index (χ4n) is 2.22. The number of carboxylic acids is 1. The summed E-state index contributed by atoms with van der Waals surface area (Å²) >= 11 is 2.68. The first-order valence-corrected chi connectivity index (χ1v) is 8.44. The average Bonchev–Trinajstić information content (AvgIpc) is 3.09. The van der Waals surface area contributed by atoms with Crippen molar-refractivity contribution in [2.75, 3.05) is 6.54 Å². The Morgan fingerprint density at radius 2 is 2.00 bits per heavy atom. The normalized spacial score (nSPS) is 12.1. The van der Waals surface area contributed by atoms with E-state index >= 15 is 0 Å². The molecule has 0 bridgehead atoms. The lowest BCUT2D eigenvalue weighted by Crippen LogP contribution is -2.39. The minimum Gasteiger partial charge on any atom is -0.477 e. The van der Waals surface area contributed by atoms with E-state index < -0.39 is 5.97 Å². The quantitative estimate of drug-likeness (QED) is 0.883. The summed E-state index contributed by atoms with van der Waals surface area (Å²) in [5, 5.41) is 13.1. The summed E-state index contributed by atoms with van der Waals surface area (Å²) in [6, 6.07) is 5.22. The molecule has 21 heavy (non-hydrogen) atoms. The molecule has 2 rings (SSSR count). The SMILES string of the molecule is CCN(C(=O)c1ccc(C(=O)O)s1)C(C)Cc1ccsc1. The van der Waals surface area contributed by atoms with Crippen LogP contribution in [0.1, 0.15) is 38.8 Å². The van der Waals surface area contributed by atoms with Crippen molar-refractivity contribution in [3.8, 4) is 0 Å². The van der Waals surface area contributed by atoms with Gasteiger partial charge in [-0.1, -0.05) is 0 Å². The number of aromatic carboxylic acids is 1. The summed E-state index contributed by atoms with van der Waals surface area (Å²) in [5.41, 5.74) is 1.22. The minimum atomic E-state index is -0.992. The molecule has 1 atom stereocenters. The Morgan fingerprint density at radius 1 is 1.29 bits per heavy atom. The first-order chi connectivity index (χ1) is 10.0. The highest BCUT2D eigenvalue weighted by Crippen LogP contribution is 2.21. The van der Waals surface area contributed by atoms with E-state index in [1.807, 2.05) is 19.2 Å². The van der Waals surface area contributed by atoms with Crippen molar-refractivity contribution in [2.45, 2.75) is 26.3 Å². The molecule has 112 valence electrons. The first kappa shape index (κ1) is 15.7. The van der Waals surface area contributed by atoms with Gasteiger partial charge in [-0.2, -0.15) is 11.3 Å². The minimum absolute atomic E-state index is 0.0764. The molecule has 0 radical (unpaired) electrons. The zero-order chi connectivity index (χ0) is 15.4. The van der Waals surface area contributed by atoms with Crippen LogP contribution >= 0.6 is 22.7 Å². The predicted molar refractivity (Wildman–Crippen MR) is 85.5 cm³/mol. The van der Waals surface area contributed by atoms with Crippen LogP contribution in [0.2, 0.25) is 0 Å². The second-order valence-electron chi connectivity index (χ2n) is 4.74. The van der Waals surface area contributed by atoms with E-state index in [0.29, 0.717) is 11.4 Å². The zero-order valence-electron chi connectivity index (χ0n) is 11.9. The molecule has 0 spiro atoms. The monoisotopic (exact) mass is 323 g/mol. The molecule has 1 N–H and O–H groups in total. The zero-order valence-corrected chi connectivity index (χ0v) is 13.5. The fourth-order valence-corrected chi connectivity index (χ4v) is 3.71. The van der Waals surface area contributed by atoms with Gasteiger partial charge >= 0.3 is 5.97 Å². The number of thiophene rings is 2. The maximum atomic E-state index is 12.5. The highest BCUT2D eigenvalue weighted by atomic mass is 32.1. The van der Waals surface area contributed by atoms with Crippen LogP contribution in [0.3, 0.4) is 0 Å². The van der Waals surface area contributed by atoms with E-state index in [0.717, 1.165) is 17.8 Å². The van der Waals surface area contributed by atoms with Gasteiger partial charge in [0.2, 0.25) is 0 Å². The Kier molecular flexibility index (Phi) is 5.14. The standard InChI is InChI=1S/C15H17NO3S2/c1-3-16(10(2)8-11-6-7-20-9-11)14(17)12-4-5-13(21-12)15(18)19/h4-7,9-10H,3,8H2,1-2H3,(H,18,19). The maximum Gasteiger partial charge on any atom is 0.345 e. The number of hydrogen-bond acceptors (Lipinski definition) is 4. The second-order valence-corrected chi connectivity index (χ2v) is 6.61. The van der Waals surface area contributed by atoms with Crippen molar-refractivity contribution < 1.29 is 14.7 Å². The molecule has 2 heterocycles. The second kappa shape index (κ2) is 6.87. The third-order valence-corrected chi connectivity index (χ3v) is 5.07. The Balaban J connectivity index is 2.11. The molecule has 2 aromatic heterocycles. The molecule has 1 amide bonds. The fraction of sp³-hybridized carbons (Fsp3) is 0.333. The van der Waals surface area contributed by atoms with E-state index in [1.165, 1.54) is 11.6 Å². The van der Waals surface area contributed by atoms with Crippen LogP contribution in [0.4, 0.5) is 0 Å². The number of nitrogens with zero attached hydrogens (tertiary/aromatic N) is 1. The molecular formula is C15H17NO3S2. The molecule has 0 aliphatic heterocycles. The molecule has 0 saturated carbocycles. The van der Waals surface area contributed by atoms with Crippen molar-refractivity contribution in [3.05, 3.63) is 44.3 Å². The van der Waals surface area contributed by atoms with Crippen molar-refractivity contribution in [2.24, 2.45) is 0 Å². The maximum absolute atomic E-state index is 12.5. The molecule has 6 heteroatoms. The topological polar surface area (TPSA) is 57.6 Å². The summed E-state index contributed by atoms with van der Waals surface area (Å²) < 4.78 is 0. The van der Waals surface area contributed by atoms with Crippen LogP contribution < -0.4 is 0 Å². The summed E-state index contributed by atoms with van der Waals surface area (Å²) in [4.78, 5) is 25.9. The average molecular weight is 323 g/mol. The first-order valence-electron chi connectivity index (χ1n) is 6.68. The Hall–Kier alpha value is -1.66. The lowest BCUT2D eigenvalue weighted by Gasteiger charge is -2.27. The molecule has 1 unspecified atom stereocenters. The Bertz CT molecular complexity index is 619. The van der Waals surface area contributed by atoms with Gasteiger partial charge in [0.15, 0.2) is 0 Å². The van der Waals surface area contributed by atoms with Gasteiger partial charge in [0, 0.05) is 12.6 Å². The van der Waals surface area contributed by atoms with Crippen LogP contribution in [0.5, 0.6) is 0 Å². The largest absolute Gasteiger partial charge is 0.477 e. The van der Waals surface area contributed by atoms with Crippen LogP contribution in [0.25, 0.3) is 0 Å². The number of likely N-dealkylation sites (N-methyl/N-ethyl adjacent to an activating group) is 1. The van der Waals surface area contributed by atoms with Gasteiger partial charge in [-0.05, 0) is 54.8 Å². The van der Waals surface area contributed by atoms with Crippen LogP contribution in [-0.2, 0) is 6.42 Å². The lowest BCUT2D eigenvalue weighted by atomic mass is 10.1. The van der Waals surface area contributed by atoms with Gasteiger partial charge in [-0.25, -0.2) is 4.79 Å². The van der Waals surface area contributed by atoms with Crippen molar-refractivity contribution in [3.63, 3.8) is 0 Å². The van der Waals surface area contributed by atoms with Crippen molar-refractivity contribution >= 4 is 34.6 Å². The smallest absolute Gasteiger partial charge is 0.345 e. The number of rotatable bonds is 6. The van der Waals surface area contributed by atoms with E-state index in [2.05, 4.69) is 11.4 Å². The summed E-state index contributed by atoms with van der Waals surface area (Å²) in [6.07, 6.45) is 0.806. The van der Waals surface area contributed by atoms with Crippen LogP contribution in [0.15, 0.2) is 29.0 Å². The van der Waals surface area contributed by atoms with Gasteiger partial charge in [0.25, 0.3) is 5.91 Å². The van der Waals surface area contributed by atoms with E-state index in [4.69, 9.17) is 5.11 Å². The molecule has 0 aromatic carbocycles. The van der Waals surface area contributed by atoms with E-state index in [9.17, 15) is 9.59 Å². The number of amides is 1. The summed E-state index contributed by atoms with van der Waals surface area (Å²) in [7, 11) is 0. The molecular weight excluding hydrogens is 306 g/mol. The van der Waals surface area contributed by atoms with Gasteiger partial charge in [0.05, 0.1) is 4.88 Å². The number of carbonyl (C=O) groups is 2. The molecule has 0 saturated heterocycles. The third kappa shape index (κ3) is 3.71. The van der Waals surface area contributed by atoms with Crippen molar-refractivity contribution in [1.82, 2.24) is 4.90 Å².